The van der Waals surface area contributed by atoms with Gasteiger partial charge in [0.1, 0.15) is 6.54 Å². The van der Waals surface area contributed by atoms with Crippen LogP contribution in [-0.2, 0) is 11.3 Å². The number of halogens is 2. The van der Waals surface area contributed by atoms with Gasteiger partial charge >= 0.3 is 12.0 Å². The van der Waals surface area contributed by atoms with Crippen molar-refractivity contribution in [3.63, 3.8) is 0 Å². The van der Waals surface area contributed by atoms with Crippen LogP contribution in [0.5, 0.6) is 0 Å². The van der Waals surface area contributed by atoms with Crippen molar-refractivity contribution in [1.82, 2.24) is 10.2 Å². The smallest absolute Gasteiger partial charge is 0.323 e. The van der Waals surface area contributed by atoms with Crippen LogP contribution in [0.15, 0.2) is 36.4 Å². The van der Waals surface area contributed by atoms with Crippen LogP contribution in [-0.4, -0.2) is 42.1 Å². The first-order valence-electron chi connectivity index (χ1n) is 8.37. The summed E-state index contributed by atoms with van der Waals surface area (Å²) in [6.07, 6.45) is 0. The number of hydrogen-bond donors (Lipinski definition) is 3. The minimum absolute atomic E-state index is 0.0362. The van der Waals surface area contributed by atoms with Gasteiger partial charge in [0.05, 0.1) is 0 Å². The Morgan fingerprint density at radius 1 is 1.22 bits per heavy atom. The van der Waals surface area contributed by atoms with E-state index in [1.807, 2.05) is 31.3 Å². The average molecular weight is 408 g/mol. The maximum absolute atomic E-state index is 12.0. The molecule has 0 spiro atoms. The molecule has 0 aromatic heterocycles. The third-order valence-electron chi connectivity index (χ3n) is 4.48. The molecule has 0 saturated heterocycles. The topological polar surface area (TPSA) is 81.7 Å². The summed E-state index contributed by atoms with van der Waals surface area (Å²) in [5.74, 6) is -1.14. The van der Waals surface area contributed by atoms with Crippen molar-refractivity contribution in [1.29, 1.82) is 0 Å². The average Bonchev–Trinajstić information content (AvgIpc) is 2.61. The number of carboxylic acid groups (broad SMARTS) is 1. The number of aliphatic carboxylic acids is 1. The second-order valence-corrected chi connectivity index (χ2v) is 7.34. The normalized spacial score (nSPS) is 16.5. The molecule has 0 fully saturated rings. The zero-order valence-electron chi connectivity index (χ0n) is 14.6. The van der Waals surface area contributed by atoms with Crippen LogP contribution in [0.3, 0.4) is 0 Å². The van der Waals surface area contributed by atoms with E-state index in [1.165, 1.54) is 0 Å². The molecule has 27 heavy (non-hydrogen) atoms. The number of benzene rings is 2. The van der Waals surface area contributed by atoms with E-state index in [4.69, 9.17) is 28.3 Å². The van der Waals surface area contributed by atoms with Crippen LogP contribution in [0.25, 0.3) is 0 Å². The van der Waals surface area contributed by atoms with E-state index in [9.17, 15) is 9.59 Å². The molecule has 3 rings (SSSR count). The Morgan fingerprint density at radius 3 is 2.70 bits per heavy atom. The lowest BCUT2D eigenvalue weighted by Gasteiger charge is -2.34. The summed E-state index contributed by atoms with van der Waals surface area (Å²) in [7, 11) is 2.01. The summed E-state index contributed by atoms with van der Waals surface area (Å²) in [6, 6.07) is 10.5. The van der Waals surface area contributed by atoms with Gasteiger partial charge in [-0.25, -0.2) is 4.79 Å². The molecule has 0 radical (unpaired) electrons. The highest BCUT2D eigenvalue weighted by atomic mass is 35.5. The van der Waals surface area contributed by atoms with Gasteiger partial charge in [-0.15, -0.1) is 0 Å². The molecule has 2 aromatic rings. The molecular formula is C19H19Cl2N3O3. The minimum Gasteiger partial charge on any atom is -0.480 e. The third kappa shape index (κ3) is 4.53. The summed E-state index contributed by atoms with van der Waals surface area (Å²) in [5, 5.41) is 14.9. The second-order valence-electron chi connectivity index (χ2n) is 6.49. The molecule has 0 saturated carbocycles. The van der Waals surface area contributed by atoms with Crippen molar-refractivity contribution in [2.24, 2.45) is 0 Å². The minimum atomic E-state index is -1.11. The summed E-state index contributed by atoms with van der Waals surface area (Å²) >= 11 is 12.6. The van der Waals surface area contributed by atoms with E-state index in [0.717, 1.165) is 29.8 Å². The number of carbonyl (C=O) groups excluding carboxylic acids is 1. The number of rotatable bonds is 4. The molecule has 8 heteroatoms. The van der Waals surface area contributed by atoms with Crippen molar-refractivity contribution in [3.8, 4) is 0 Å². The monoisotopic (exact) mass is 407 g/mol. The number of nitrogens with zero attached hydrogens (tertiary/aromatic N) is 1. The highest BCUT2D eigenvalue weighted by Gasteiger charge is 2.28. The van der Waals surface area contributed by atoms with E-state index < -0.39 is 18.5 Å². The van der Waals surface area contributed by atoms with Gasteiger partial charge in [0, 0.05) is 34.7 Å². The summed E-state index contributed by atoms with van der Waals surface area (Å²) in [4.78, 5) is 24.8. The lowest BCUT2D eigenvalue weighted by molar-refractivity contribution is -0.135. The van der Waals surface area contributed by atoms with Gasteiger partial charge < -0.3 is 20.6 Å². The lowest BCUT2D eigenvalue weighted by atomic mass is 9.84. The number of nitrogens with one attached hydrogen (secondary N) is 2. The number of para-hydroxylation sites is 1. The second kappa shape index (κ2) is 8.17. The zero-order chi connectivity index (χ0) is 19.6. The Balaban J connectivity index is 1.96. The first-order chi connectivity index (χ1) is 12.8. The summed E-state index contributed by atoms with van der Waals surface area (Å²) < 4.78 is 0. The molecule has 3 N–H and O–H groups in total. The molecule has 2 aromatic carbocycles. The third-order valence-corrected chi connectivity index (χ3v) is 5.03. The summed E-state index contributed by atoms with van der Waals surface area (Å²) in [5.41, 5.74) is 3.58. The van der Waals surface area contributed by atoms with Gasteiger partial charge in [0.15, 0.2) is 0 Å². The largest absolute Gasteiger partial charge is 0.480 e. The van der Waals surface area contributed by atoms with Gasteiger partial charge in [-0.05, 0) is 41.9 Å². The molecule has 1 unspecified atom stereocenters. The van der Waals surface area contributed by atoms with Crippen LogP contribution in [0, 0.1) is 0 Å². The van der Waals surface area contributed by atoms with Crippen molar-refractivity contribution in [3.05, 3.63) is 63.1 Å². The Hall–Kier alpha value is -2.28. The van der Waals surface area contributed by atoms with E-state index >= 15 is 0 Å². The van der Waals surface area contributed by atoms with Crippen LogP contribution in [0.1, 0.15) is 22.6 Å². The number of carboxylic acids is 1. The van der Waals surface area contributed by atoms with Crippen LogP contribution in [0.4, 0.5) is 10.5 Å². The number of fused-ring (bicyclic) bond motifs is 1. The Bertz CT molecular complexity index is 888. The van der Waals surface area contributed by atoms with E-state index in [0.29, 0.717) is 15.7 Å². The molecule has 0 aliphatic carbocycles. The van der Waals surface area contributed by atoms with Gasteiger partial charge in [0.25, 0.3) is 0 Å². The van der Waals surface area contributed by atoms with Gasteiger partial charge in [0.2, 0.25) is 0 Å². The van der Waals surface area contributed by atoms with Gasteiger partial charge in [-0.3, -0.25) is 4.79 Å². The van der Waals surface area contributed by atoms with Crippen LogP contribution >= 0.6 is 23.2 Å². The van der Waals surface area contributed by atoms with Crippen molar-refractivity contribution >= 4 is 40.9 Å². The van der Waals surface area contributed by atoms with E-state index in [-0.39, 0.29) is 5.92 Å². The maximum atomic E-state index is 12.0. The standard InChI is InChI=1S/C19H19Cl2N3O3/c1-24-9-14(13-6-11(20)7-16(21)15(13)10-24)12-4-2-3-5-17(12)23-19(27)22-8-18(25)26/h2-7,14H,8-10H2,1H3,(H,25,26)(H2,22,23,27). The first kappa shape index (κ1) is 19.5. The van der Waals surface area contributed by atoms with E-state index in [2.05, 4.69) is 15.5 Å². The molecule has 6 nitrogen and oxygen atoms in total. The Labute approximate surface area is 167 Å². The number of hydrogen-bond acceptors (Lipinski definition) is 3. The molecule has 1 heterocycles. The van der Waals surface area contributed by atoms with Crippen LogP contribution in [0.2, 0.25) is 10.0 Å². The number of likely N-dealkylation sites (N-methyl/N-ethyl adjacent to an activating group) is 1. The maximum Gasteiger partial charge on any atom is 0.323 e. The zero-order valence-corrected chi connectivity index (χ0v) is 16.1. The molecule has 142 valence electrons. The number of amides is 2. The molecule has 1 aliphatic heterocycles. The van der Waals surface area contributed by atoms with Gasteiger partial charge in [-0.1, -0.05) is 41.4 Å². The molecule has 0 bridgehead atoms. The predicted molar refractivity (Wildman–Crippen MR) is 106 cm³/mol. The number of carbonyl (C=O) groups is 2. The quantitative estimate of drug-likeness (QED) is 0.720. The highest BCUT2D eigenvalue weighted by Crippen LogP contribution is 2.40. The lowest BCUT2D eigenvalue weighted by Crippen LogP contribution is -2.34. The highest BCUT2D eigenvalue weighted by molar-refractivity contribution is 6.35. The predicted octanol–water partition coefficient (Wildman–Crippen LogP) is 3.78. The molecule has 1 atom stereocenters. The van der Waals surface area contributed by atoms with Crippen molar-refractivity contribution in [2.45, 2.75) is 12.5 Å². The van der Waals surface area contributed by atoms with E-state index in [1.54, 1.807) is 12.1 Å². The first-order valence-corrected chi connectivity index (χ1v) is 9.12. The SMILES string of the molecule is CN1Cc2c(Cl)cc(Cl)cc2C(c2ccccc2NC(=O)NCC(=O)O)C1. The van der Waals surface area contributed by atoms with Crippen LogP contribution < -0.4 is 10.6 Å². The van der Waals surface area contributed by atoms with Gasteiger partial charge in [-0.2, -0.15) is 0 Å². The van der Waals surface area contributed by atoms with Crippen molar-refractivity contribution < 1.29 is 14.7 Å². The fourth-order valence-corrected chi connectivity index (χ4v) is 3.92. The molecule has 1 aliphatic rings. The molecular weight excluding hydrogens is 389 g/mol. The fourth-order valence-electron chi connectivity index (χ4n) is 3.35. The number of urea groups is 1. The fraction of sp³-hybridized carbons (Fsp3) is 0.263. The molecule has 2 amide bonds. The Kier molecular flexibility index (Phi) is 5.89. The summed E-state index contributed by atoms with van der Waals surface area (Å²) in [6.45, 7) is 1.00. The number of anilines is 1. The van der Waals surface area contributed by atoms with Crippen molar-refractivity contribution in [2.75, 3.05) is 25.5 Å². The Morgan fingerprint density at radius 2 is 1.96 bits per heavy atom.